The predicted octanol–water partition coefficient (Wildman–Crippen LogP) is 0.834. The molecule has 8 heteroatoms. The maximum atomic E-state index is 12.9. The second-order valence-corrected chi connectivity index (χ2v) is 6.19. The van der Waals surface area contributed by atoms with Gasteiger partial charge in [-0.05, 0) is 24.3 Å². The number of ether oxygens (including phenoxy) is 1. The number of urea groups is 1. The van der Waals surface area contributed by atoms with Gasteiger partial charge in [-0.15, -0.1) is 0 Å². The molecule has 0 unspecified atom stereocenters. The Hall–Kier alpha value is -2.19. The molecule has 136 valence electrons. The monoisotopic (exact) mass is 350 g/mol. The number of carbonyl (C=O) groups is 2. The summed E-state index contributed by atoms with van der Waals surface area (Å²) in [6.07, 6.45) is 0. The third-order valence-electron chi connectivity index (χ3n) is 4.48. The van der Waals surface area contributed by atoms with Crippen LogP contribution in [0.15, 0.2) is 24.3 Å². The number of morpholine rings is 1. The number of nitrogens with zero attached hydrogens (tertiary/aromatic N) is 3. The first-order chi connectivity index (χ1) is 12.1. The number of hydrogen-bond acceptors (Lipinski definition) is 4. The maximum absolute atomic E-state index is 12.9. The zero-order valence-electron chi connectivity index (χ0n) is 14.1. The molecule has 0 aromatic heterocycles. The van der Waals surface area contributed by atoms with Crippen LogP contribution in [0.2, 0.25) is 0 Å². The lowest BCUT2D eigenvalue weighted by Crippen LogP contribution is -2.54. The minimum absolute atomic E-state index is 0.0977. The zero-order chi connectivity index (χ0) is 17.6. The average molecular weight is 350 g/mol. The molecule has 1 aromatic rings. The lowest BCUT2D eigenvalue weighted by molar-refractivity contribution is -0.134. The number of piperazine rings is 1. The van der Waals surface area contributed by atoms with E-state index in [0.717, 1.165) is 13.1 Å². The summed E-state index contributed by atoms with van der Waals surface area (Å²) in [6, 6.07) is 5.42. The van der Waals surface area contributed by atoms with Gasteiger partial charge >= 0.3 is 6.03 Å². The van der Waals surface area contributed by atoms with Crippen LogP contribution in [-0.2, 0) is 9.53 Å². The van der Waals surface area contributed by atoms with Gasteiger partial charge in [0, 0.05) is 45.0 Å². The Balaban J connectivity index is 1.43. The zero-order valence-corrected chi connectivity index (χ0v) is 14.1. The Labute approximate surface area is 146 Å². The maximum Gasteiger partial charge on any atom is 0.321 e. The molecule has 1 aromatic carbocycles. The van der Waals surface area contributed by atoms with E-state index < -0.39 is 0 Å². The molecule has 0 aliphatic carbocycles. The van der Waals surface area contributed by atoms with E-state index in [4.69, 9.17) is 4.74 Å². The molecule has 7 nitrogen and oxygen atoms in total. The Morgan fingerprint density at radius 2 is 1.56 bits per heavy atom. The molecule has 3 amide bonds. The molecule has 2 aliphatic heterocycles. The van der Waals surface area contributed by atoms with E-state index >= 15 is 0 Å². The van der Waals surface area contributed by atoms with Crippen LogP contribution in [0.5, 0.6) is 0 Å². The third kappa shape index (κ3) is 4.90. The average Bonchev–Trinajstić information content (AvgIpc) is 2.64. The smallest absolute Gasteiger partial charge is 0.321 e. The van der Waals surface area contributed by atoms with Crippen molar-refractivity contribution >= 4 is 17.6 Å². The highest BCUT2D eigenvalue weighted by Gasteiger charge is 2.25. The Kier molecular flexibility index (Phi) is 5.83. The van der Waals surface area contributed by atoms with Crippen molar-refractivity contribution in [2.75, 3.05) is 64.3 Å². The molecule has 0 spiro atoms. The molecule has 0 saturated carbocycles. The number of anilines is 1. The topological polar surface area (TPSA) is 65.1 Å². The van der Waals surface area contributed by atoms with E-state index in [1.807, 2.05) is 0 Å². The van der Waals surface area contributed by atoms with Crippen molar-refractivity contribution in [1.29, 1.82) is 0 Å². The number of halogens is 1. The van der Waals surface area contributed by atoms with Gasteiger partial charge in [-0.25, -0.2) is 9.18 Å². The molecule has 2 heterocycles. The number of benzene rings is 1. The van der Waals surface area contributed by atoms with Crippen molar-refractivity contribution in [2.24, 2.45) is 0 Å². The van der Waals surface area contributed by atoms with E-state index in [-0.39, 0.29) is 17.8 Å². The Morgan fingerprint density at radius 1 is 0.960 bits per heavy atom. The van der Waals surface area contributed by atoms with Crippen LogP contribution in [0.25, 0.3) is 0 Å². The third-order valence-corrected chi connectivity index (χ3v) is 4.48. The number of carbonyl (C=O) groups excluding carboxylic acids is 2. The molecule has 2 fully saturated rings. The van der Waals surface area contributed by atoms with Crippen molar-refractivity contribution in [2.45, 2.75) is 0 Å². The fourth-order valence-electron chi connectivity index (χ4n) is 2.95. The van der Waals surface area contributed by atoms with Gasteiger partial charge in [0.1, 0.15) is 5.82 Å². The van der Waals surface area contributed by atoms with Crippen LogP contribution in [0, 0.1) is 5.82 Å². The van der Waals surface area contributed by atoms with E-state index in [2.05, 4.69) is 10.2 Å². The molecule has 25 heavy (non-hydrogen) atoms. The van der Waals surface area contributed by atoms with E-state index in [0.29, 0.717) is 51.6 Å². The minimum Gasteiger partial charge on any atom is -0.379 e. The standard InChI is InChI=1S/C17H23FN4O3/c18-14-1-3-15(4-2-14)19-17(24)22-7-5-21(6-8-22)16(23)13-20-9-11-25-12-10-20/h1-4H,5-13H2,(H,19,24). The van der Waals surface area contributed by atoms with Crippen LogP contribution in [0.1, 0.15) is 0 Å². The first-order valence-electron chi connectivity index (χ1n) is 8.51. The summed E-state index contributed by atoms with van der Waals surface area (Å²) in [4.78, 5) is 30.2. The van der Waals surface area contributed by atoms with Crippen molar-refractivity contribution in [3.8, 4) is 0 Å². The van der Waals surface area contributed by atoms with E-state index in [1.165, 1.54) is 24.3 Å². The van der Waals surface area contributed by atoms with E-state index in [9.17, 15) is 14.0 Å². The van der Waals surface area contributed by atoms with Crippen LogP contribution in [0.4, 0.5) is 14.9 Å². The Morgan fingerprint density at radius 3 is 2.20 bits per heavy atom. The van der Waals surface area contributed by atoms with Crippen LogP contribution in [0.3, 0.4) is 0 Å². The van der Waals surface area contributed by atoms with Crippen molar-refractivity contribution in [1.82, 2.24) is 14.7 Å². The number of rotatable bonds is 3. The molecular formula is C17H23FN4O3. The molecular weight excluding hydrogens is 327 g/mol. The normalized spacial score (nSPS) is 18.9. The SMILES string of the molecule is O=C(CN1CCOCC1)N1CCN(C(=O)Nc2ccc(F)cc2)CC1. The lowest BCUT2D eigenvalue weighted by atomic mass is 10.3. The lowest BCUT2D eigenvalue weighted by Gasteiger charge is -2.36. The van der Waals surface area contributed by atoms with Crippen molar-refractivity contribution in [3.05, 3.63) is 30.1 Å². The van der Waals surface area contributed by atoms with Gasteiger partial charge in [0.25, 0.3) is 0 Å². The minimum atomic E-state index is -0.342. The predicted molar refractivity (Wildman–Crippen MR) is 90.8 cm³/mol. The summed E-state index contributed by atoms with van der Waals surface area (Å²) < 4.78 is 18.2. The van der Waals surface area contributed by atoms with Crippen LogP contribution < -0.4 is 5.32 Å². The van der Waals surface area contributed by atoms with Gasteiger partial charge in [-0.1, -0.05) is 0 Å². The summed E-state index contributed by atoms with van der Waals surface area (Å²) in [5.41, 5.74) is 0.553. The van der Waals surface area contributed by atoms with Gasteiger partial charge in [0.05, 0.1) is 19.8 Å². The second-order valence-electron chi connectivity index (χ2n) is 6.19. The number of nitrogens with one attached hydrogen (secondary N) is 1. The fourth-order valence-corrected chi connectivity index (χ4v) is 2.95. The van der Waals surface area contributed by atoms with E-state index in [1.54, 1.807) is 9.80 Å². The molecule has 1 N–H and O–H groups in total. The van der Waals surface area contributed by atoms with Gasteiger partial charge in [0.15, 0.2) is 0 Å². The molecule has 2 saturated heterocycles. The van der Waals surface area contributed by atoms with Crippen LogP contribution in [-0.4, -0.2) is 85.7 Å². The molecule has 0 radical (unpaired) electrons. The summed E-state index contributed by atoms with van der Waals surface area (Å²) in [6.45, 7) is 5.35. The first kappa shape index (κ1) is 17.6. The van der Waals surface area contributed by atoms with Gasteiger partial charge in [0.2, 0.25) is 5.91 Å². The number of hydrogen-bond donors (Lipinski definition) is 1. The van der Waals surface area contributed by atoms with Crippen LogP contribution >= 0.6 is 0 Å². The van der Waals surface area contributed by atoms with Crippen molar-refractivity contribution in [3.63, 3.8) is 0 Å². The number of amides is 3. The molecule has 3 rings (SSSR count). The highest BCUT2D eigenvalue weighted by atomic mass is 19.1. The summed E-state index contributed by atoms with van der Waals surface area (Å²) in [5.74, 6) is -0.245. The van der Waals surface area contributed by atoms with Gasteiger partial charge in [-0.2, -0.15) is 0 Å². The highest BCUT2D eigenvalue weighted by Crippen LogP contribution is 2.11. The summed E-state index contributed by atoms with van der Waals surface area (Å²) >= 11 is 0. The Bertz CT molecular complexity index is 596. The highest BCUT2D eigenvalue weighted by molar-refractivity contribution is 5.89. The van der Waals surface area contributed by atoms with Crippen molar-refractivity contribution < 1.29 is 18.7 Å². The first-order valence-corrected chi connectivity index (χ1v) is 8.51. The molecule has 0 atom stereocenters. The molecule has 0 bridgehead atoms. The quantitative estimate of drug-likeness (QED) is 0.877. The molecule has 2 aliphatic rings. The van der Waals surface area contributed by atoms with Gasteiger partial charge in [-0.3, -0.25) is 9.69 Å². The van der Waals surface area contributed by atoms with Gasteiger partial charge < -0.3 is 19.9 Å². The summed E-state index contributed by atoms with van der Waals surface area (Å²) in [7, 11) is 0. The fraction of sp³-hybridized carbons (Fsp3) is 0.529. The summed E-state index contributed by atoms with van der Waals surface area (Å²) in [5, 5.41) is 2.74. The largest absolute Gasteiger partial charge is 0.379 e. The second kappa shape index (κ2) is 8.26.